The highest BCUT2D eigenvalue weighted by atomic mass is 19.1. The van der Waals surface area contributed by atoms with E-state index in [1.165, 1.54) is 22.2 Å². The molecule has 1 aliphatic carbocycles. The number of phenols is 1. The zero-order chi connectivity index (χ0) is 27.4. The summed E-state index contributed by atoms with van der Waals surface area (Å²) < 4.78 is 17.2. The largest absolute Gasteiger partial charge is 0.506 e. The Bertz CT molecular complexity index is 1300. The van der Waals surface area contributed by atoms with E-state index in [1.807, 2.05) is 4.90 Å². The van der Waals surface area contributed by atoms with Gasteiger partial charge in [-0.2, -0.15) is 20.6 Å². The molecule has 38 heavy (non-hydrogen) atoms. The van der Waals surface area contributed by atoms with Crippen LogP contribution in [0.5, 0.6) is 5.75 Å². The summed E-state index contributed by atoms with van der Waals surface area (Å²) in [6.07, 6.45) is 2.87. The lowest BCUT2D eigenvalue weighted by Gasteiger charge is -2.43. The van der Waals surface area contributed by atoms with E-state index in [2.05, 4.69) is 33.4 Å². The molecule has 13 heteroatoms. The van der Waals surface area contributed by atoms with Crippen molar-refractivity contribution in [2.24, 2.45) is 21.9 Å². The van der Waals surface area contributed by atoms with Gasteiger partial charge in [-0.25, -0.2) is 4.39 Å². The smallest absolute Gasteiger partial charge is 0.254 e. The molecule has 0 radical (unpaired) electrons. The molecule has 4 N–H and O–H groups in total. The number of nitrogens with zero attached hydrogens (tertiary/aromatic N) is 7. The monoisotopic (exact) mass is 523 g/mol. The van der Waals surface area contributed by atoms with Crippen molar-refractivity contribution >= 4 is 36.3 Å². The Labute approximate surface area is 219 Å². The maximum Gasteiger partial charge on any atom is 0.254 e. The second-order valence-corrected chi connectivity index (χ2v) is 9.48. The fourth-order valence-corrected chi connectivity index (χ4v) is 4.63. The molecule has 2 aliphatic rings. The molecule has 2 unspecified atom stereocenters. The standard InChI is InChI=1S/C25H30FN9O3/c1-3-30-35(29-2)19-7-4-16(12-20(19)36)13-33-11-9-25(8-10-27,21(26)15-33)34-14-18(22(28)37)23(32-34)31-24(38)17-5-6-17/h3-4,7,12,14,17,21,36H,2,5-6,8-9,11,13,15H2,1H3,(H2,28,37)(H,31,32,38)/b30-3-. The van der Waals surface area contributed by atoms with E-state index in [9.17, 15) is 20.0 Å². The minimum Gasteiger partial charge on any atom is -0.506 e. The fourth-order valence-electron chi connectivity index (χ4n) is 4.63. The highest BCUT2D eigenvalue weighted by Crippen LogP contribution is 2.38. The maximum absolute atomic E-state index is 15.9. The highest BCUT2D eigenvalue weighted by molar-refractivity contribution is 6.02. The van der Waals surface area contributed by atoms with Crippen molar-refractivity contribution in [2.45, 2.75) is 50.9 Å². The number of carbonyl (C=O) groups is 2. The van der Waals surface area contributed by atoms with Gasteiger partial charge in [0.05, 0.1) is 12.5 Å². The number of hydrogen-bond acceptors (Lipinski definition) is 9. The van der Waals surface area contributed by atoms with Crippen molar-refractivity contribution in [1.82, 2.24) is 14.7 Å². The number of primary amides is 1. The first-order chi connectivity index (χ1) is 18.2. The lowest BCUT2D eigenvalue weighted by Crippen LogP contribution is -2.54. The number of nitrogens with two attached hydrogens (primary N) is 1. The summed E-state index contributed by atoms with van der Waals surface area (Å²) in [6.45, 7) is 5.91. The number of hydrogen-bond donors (Lipinski definition) is 3. The number of alkyl halides is 1. The summed E-state index contributed by atoms with van der Waals surface area (Å²) in [7, 11) is 0. The molecule has 1 aromatic carbocycles. The van der Waals surface area contributed by atoms with Crippen LogP contribution in [0.2, 0.25) is 0 Å². The number of rotatable bonds is 10. The average molecular weight is 524 g/mol. The van der Waals surface area contributed by atoms with Gasteiger partial charge in [-0.05, 0) is 43.9 Å². The molecular formula is C25H30FN9O3. The molecule has 2 amide bonds. The Balaban J connectivity index is 1.53. The number of carbonyl (C=O) groups excluding carboxylic acids is 2. The lowest BCUT2D eigenvalue weighted by atomic mass is 9.83. The third-order valence-electron chi connectivity index (χ3n) is 6.89. The maximum atomic E-state index is 15.9. The summed E-state index contributed by atoms with van der Waals surface area (Å²) in [4.78, 5) is 26.2. The van der Waals surface area contributed by atoms with Crippen LogP contribution in [0.25, 0.3) is 0 Å². The molecule has 2 aromatic rings. The molecule has 4 rings (SSSR count). The van der Waals surface area contributed by atoms with E-state index in [0.717, 1.165) is 18.4 Å². The molecule has 2 atom stereocenters. The number of aromatic hydroxyl groups is 1. The van der Waals surface area contributed by atoms with E-state index < -0.39 is 17.6 Å². The number of phenolic OH excluding ortho intramolecular Hbond substituents is 1. The SMILES string of the molecule is C=NN(/N=C\C)c1ccc(CN2CCC(CC#N)(n3cc(C(N)=O)c(NC(=O)C4CC4)n3)C(F)C2)cc1O. The zero-order valence-corrected chi connectivity index (χ0v) is 21.0. The number of piperidine rings is 1. The highest BCUT2D eigenvalue weighted by Gasteiger charge is 2.47. The number of hydrazone groups is 2. The molecular weight excluding hydrogens is 493 g/mol. The van der Waals surface area contributed by atoms with Crippen molar-refractivity contribution < 1.29 is 19.1 Å². The number of benzene rings is 1. The quantitative estimate of drug-likeness (QED) is 0.317. The number of nitriles is 1. The predicted octanol–water partition coefficient (Wildman–Crippen LogP) is 2.32. The number of anilines is 2. The summed E-state index contributed by atoms with van der Waals surface area (Å²) in [5, 5.41) is 35.9. The van der Waals surface area contributed by atoms with E-state index in [0.29, 0.717) is 18.8 Å². The van der Waals surface area contributed by atoms with Crippen LogP contribution in [0.1, 0.15) is 48.5 Å². The first-order valence-electron chi connectivity index (χ1n) is 12.2. The van der Waals surface area contributed by atoms with Gasteiger partial charge in [-0.1, -0.05) is 6.07 Å². The summed E-state index contributed by atoms with van der Waals surface area (Å²) >= 11 is 0. The number of nitrogens with one attached hydrogen (secondary N) is 1. The first-order valence-corrected chi connectivity index (χ1v) is 12.2. The molecule has 200 valence electrons. The van der Waals surface area contributed by atoms with Gasteiger partial charge in [0.15, 0.2) is 5.82 Å². The third kappa shape index (κ3) is 5.35. The van der Waals surface area contributed by atoms with Gasteiger partial charge < -0.3 is 16.2 Å². The predicted molar refractivity (Wildman–Crippen MR) is 139 cm³/mol. The normalized spacial score (nSPS) is 21.7. The molecule has 12 nitrogen and oxygen atoms in total. The fraction of sp³-hybridized carbons (Fsp3) is 0.440. The summed E-state index contributed by atoms with van der Waals surface area (Å²) in [5.74, 6) is -1.27. The third-order valence-corrected chi connectivity index (χ3v) is 6.89. The number of halogens is 1. The van der Waals surface area contributed by atoms with E-state index in [1.54, 1.807) is 25.1 Å². The topological polar surface area (TPSA) is 165 Å². The van der Waals surface area contributed by atoms with Gasteiger partial charge in [-0.15, -0.1) is 5.12 Å². The van der Waals surface area contributed by atoms with Crippen LogP contribution >= 0.6 is 0 Å². The van der Waals surface area contributed by atoms with E-state index >= 15 is 4.39 Å². The average Bonchev–Trinajstić information content (AvgIpc) is 3.65. The minimum absolute atomic E-state index is 0.0137. The van der Waals surface area contributed by atoms with Crippen LogP contribution in [0.3, 0.4) is 0 Å². The molecule has 1 aromatic heterocycles. The van der Waals surface area contributed by atoms with E-state index in [-0.39, 0.29) is 48.3 Å². The van der Waals surface area contributed by atoms with Gasteiger partial charge in [0.2, 0.25) is 5.91 Å². The lowest BCUT2D eigenvalue weighted by molar-refractivity contribution is -0.117. The minimum atomic E-state index is -1.52. The van der Waals surface area contributed by atoms with Crippen molar-refractivity contribution in [3.05, 3.63) is 35.5 Å². The van der Waals surface area contributed by atoms with Gasteiger partial charge in [0, 0.05) is 44.7 Å². The Morgan fingerprint density at radius 2 is 2.24 bits per heavy atom. The summed E-state index contributed by atoms with van der Waals surface area (Å²) in [6, 6.07) is 7.04. The van der Waals surface area contributed by atoms with Crippen molar-refractivity contribution in [2.75, 3.05) is 23.5 Å². The number of aromatic nitrogens is 2. The second kappa shape index (κ2) is 11.0. The molecule has 1 saturated heterocycles. The van der Waals surface area contributed by atoms with Crippen molar-refractivity contribution in [1.29, 1.82) is 5.26 Å². The van der Waals surface area contributed by atoms with Crippen LogP contribution in [0, 0.1) is 17.2 Å². The zero-order valence-electron chi connectivity index (χ0n) is 21.0. The molecule has 2 fully saturated rings. The van der Waals surface area contributed by atoms with Crippen LogP contribution in [-0.4, -0.2) is 63.8 Å². The molecule has 2 heterocycles. The van der Waals surface area contributed by atoms with Crippen LogP contribution < -0.4 is 16.2 Å². The summed E-state index contributed by atoms with van der Waals surface area (Å²) in [5.41, 5.74) is 5.23. The van der Waals surface area contributed by atoms with E-state index in [4.69, 9.17) is 5.73 Å². The number of amides is 2. The van der Waals surface area contributed by atoms with Gasteiger partial charge >= 0.3 is 0 Å². The molecule has 1 saturated carbocycles. The van der Waals surface area contributed by atoms with Crippen molar-refractivity contribution in [3.63, 3.8) is 0 Å². The van der Waals surface area contributed by atoms with Crippen LogP contribution in [0.15, 0.2) is 34.6 Å². The number of likely N-dealkylation sites (tertiary alicyclic amines) is 1. The Kier molecular flexibility index (Phi) is 7.72. The molecule has 0 bridgehead atoms. The van der Waals surface area contributed by atoms with Gasteiger partial charge in [-0.3, -0.25) is 19.2 Å². The first kappa shape index (κ1) is 26.7. The molecule has 1 aliphatic heterocycles. The Morgan fingerprint density at radius 3 is 2.82 bits per heavy atom. The molecule has 0 spiro atoms. The second-order valence-electron chi connectivity index (χ2n) is 9.48. The van der Waals surface area contributed by atoms with Gasteiger partial charge in [0.1, 0.15) is 28.7 Å². The van der Waals surface area contributed by atoms with Crippen molar-refractivity contribution in [3.8, 4) is 11.8 Å². The van der Waals surface area contributed by atoms with Crippen LogP contribution in [-0.2, 0) is 16.9 Å². The van der Waals surface area contributed by atoms with Gasteiger partial charge in [0.25, 0.3) is 5.91 Å². The Hall–Kier alpha value is -4.31. The Morgan fingerprint density at radius 1 is 1.47 bits per heavy atom. The van der Waals surface area contributed by atoms with Crippen LogP contribution in [0.4, 0.5) is 15.9 Å².